The molecular formula is C5H11N7. The topological polar surface area (TPSA) is 90.4 Å². The standard InChI is InChI=1S/C5H11N7/c1-7-5-4(3-8-6)9-11-12(2)10-5/h3,11H,6H2,1-2H3,(H,7,10)/b8-3-. The van der Waals surface area contributed by atoms with Crippen molar-refractivity contribution in [2.24, 2.45) is 21.0 Å². The van der Waals surface area contributed by atoms with Crippen LogP contribution >= 0.6 is 0 Å². The number of hydrogen-bond acceptors (Lipinski definition) is 6. The maximum atomic E-state index is 4.98. The fraction of sp³-hybridized carbons (Fsp3) is 0.400. The van der Waals surface area contributed by atoms with Gasteiger partial charge in [-0.1, -0.05) is 0 Å². The van der Waals surface area contributed by atoms with Gasteiger partial charge in [0, 0.05) is 14.1 Å². The number of amidine groups is 1. The van der Waals surface area contributed by atoms with Crippen molar-refractivity contribution in [3.8, 4) is 0 Å². The van der Waals surface area contributed by atoms with Gasteiger partial charge in [-0.15, -0.1) is 5.12 Å². The van der Waals surface area contributed by atoms with Crippen molar-refractivity contribution in [2.75, 3.05) is 14.1 Å². The molecular weight excluding hydrogens is 158 g/mol. The van der Waals surface area contributed by atoms with E-state index in [9.17, 15) is 0 Å². The molecule has 0 amide bonds. The lowest BCUT2D eigenvalue weighted by Gasteiger charge is -2.23. The van der Waals surface area contributed by atoms with Gasteiger partial charge in [-0.25, -0.2) is 5.53 Å². The van der Waals surface area contributed by atoms with Crippen LogP contribution in [0.15, 0.2) is 15.2 Å². The minimum absolute atomic E-state index is 0.568. The van der Waals surface area contributed by atoms with Crippen molar-refractivity contribution >= 4 is 17.8 Å². The molecule has 0 aromatic heterocycles. The molecule has 0 atom stereocenters. The molecule has 0 aliphatic carbocycles. The number of nitrogens with two attached hydrogens (primary N) is 1. The van der Waals surface area contributed by atoms with E-state index in [0.29, 0.717) is 11.5 Å². The second-order valence-corrected chi connectivity index (χ2v) is 2.12. The van der Waals surface area contributed by atoms with Crippen LogP contribution in [0.25, 0.3) is 0 Å². The molecule has 12 heavy (non-hydrogen) atoms. The predicted molar refractivity (Wildman–Crippen MR) is 47.5 cm³/mol. The third-order valence-electron chi connectivity index (χ3n) is 1.26. The number of nitrogens with zero attached hydrogens (tertiary/aromatic N) is 4. The fourth-order valence-electron chi connectivity index (χ4n) is 0.748. The quantitative estimate of drug-likeness (QED) is 0.247. The molecule has 0 radical (unpaired) electrons. The van der Waals surface area contributed by atoms with E-state index >= 15 is 0 Å². The van der Waals surface area contributed by atoms with E-state index in [4.69, 9.17) is 5.84 Å². The number of nitrogens with one attached hydrogen (secondary N) is 2. The largest absolute Gasteiger partial charge is 0.323 e. The summed E-state index contributed by atoms with van der Waals surface area (Å²) in [6, 6.07) is 0. The number of aliphatic imine (C=N–C) groups is 1. The Kier molecular flexibility index (Phi) is 2.59. The van der Waals surface area contributed by atoms with Gasteiger partial charge in [0.1, 0.15) is 5.71 Å². The van der Waals surface area contributed by atoms with Crippen LogP contribution < -0.4 is 16.8 Å². The lowest BCUT2D eigenvalue weighted by atomic mass is 10.4. The molecule has 4 N–H and O–H groups in total. The van der Waals surface area contributed by atoms with E-state index < -0.39 is 0 Å². The molecule has 0 aromatic carbocycles. The maximum Gasteiger partial charge on any atom is 0.166 e. The number of hydrazone groups is 2. The van der Waals surface area contributed by atoms with E-state index in [2.05, 4.69) is 26.2 Å². The summed E-state index contributed by atoms with van der Waals surface area (Å²) < 4.78 is 0. The SMILES string of the molecule is CN=C1NN(C)NN=C1/C=N\N. The number of hydrogen-bond donors (Lipinski definition) is 3. The molecule has 1 aliphatic heterocycles. The van der Waals surface area contributed by atoms with Crippen LogP contribution in [0.2, 0.25) is 0 Å². The summed E-state index contributed by atoms with van der Waals surface area (Å²) >= 11 is 0. The predicted octanol–water partition coefficient (Wildman–Crippen LogP) is -1.73. The summed E-state index contributed by atoms with van der Waals surface area (Å²) in [5.41, 5.74) is 6.13. The Balaban J connectivity index is 2.83. The zero-order valence-corrected chi connectivity index (χ0v) is 6.94. The second-order valence-electron chi connectivity index (χ2n) is 2.12. The zero-order valence-electron chi connectivity index (χ0n) is 6.94. The molecule has 0 saturated carbocycles. The molecule has 0 bridgehead atoms. The Labute approximate surface area is 70.0 Å². The number of hydrazine groups is 2. The highest BCUT2D eigenvalue weighted by Crippen LogP contribution is 1.86. The lowest BCUT2D eigenvalue weighted by molar-refractivity contribution is 0.198. The molecule has 0 aromatic rings. The first-order valence-electron chi connectivity index (χ1n) is 3.32. The highest BCUT2D eigenvalue weighted by atomic mass is 15.8. The Hall–Kier alpha value is -1.63. The molecule has 0 fully saturated rings. The van der Waals surface area contributed by atoms with E-state index in [1.54, 1.807) is 19.2 Å². The second kappa shape index (κ2) is 3.67. The zero-order chi connectivity index (χ0) is 8.97. The van der Waals surface area contributed by atoms with E-state index in [-0.39, 0.29) is 0 Å². The maximum absolute atomic E-state index is 4.98. The first-order valence-corrected chi connectivity index (χ1v) is 3.32. The van der Waals surface area contributed by atoms with Gasteiger partial charge in [0.05, 0.1) is 6.21 Å². The summed E-state index contributed by atoms with van der Waals surface area (Å²) in [7, 11) is 3.42. The Morgan fingerprint density at radius 2 is 2.42 bits per heavy atom. The molecule has 66 valence electrons. The summed E-state index contributed by atoms with van der Waals surface area (Å²) in [4.78, 5) is 3.94. The minimum atomic E-state index is 0.568. The van der Waals surface area contributed by atoms with Gasteiger partial charge in [0.15, 0.2) is 5.84 Å². The van der Waals surface area contributed by atoms with Crippen molar-refractivity contribution in [3.05, 3.63) is 0 Å². The van der Waals surface area contributed by atoms with Crippen molar-refractivity contribution in [1.82, 2.24) is 16.1 Å². The number of rotatable bonds is 1. The van der Waals surface area contributed by atoms with Gasteiger partial charge in [0.2, 0.25) is 0 Å². The lowest BCUT2D eigenvalue weighted by Crippen LogP contribution is -2.53. The molecule has 1 heterocycles. The van der Waals surface area contributed by atoms with Gasteiger partial charge in [0.25, 0.3) is 0 Å². The normalized spacial score (nSPS) is 22.2. The van der Waals surface area contributed by atoms with Crippen molar-refractivity contribution in [2.45, 2.75) is 0 Å². The molecule has 7 heteroatoms. The third-order valence-corrected chi connectivity index (χ3v) is 1.26. The highest BCUT2D eigenvalue weighted by molar-refractivity contribution is 6.62. The highest BCUT2D eigenvalue weighted by Gasteiger charge is 2.12. The average molecular weight is 169 g/mol. The van der Waals surface area contributed by atoms with Gasteiger partial charge in [-0.3, -0.25) is 10.4 Å². The van der Waals surface area contributed by atoms with Gasteiger partial charge in [-0.2, -0.15) is 10.2 Å². The van der Waals surface area contributed by atoms with Crippen LogP contribution in [0.5, 0.6) is 0 Å². The van der Waals surface area contributed by atoms with Crippen molar-refractivity contribution < 1.29 is 0 Å². The Morgan fingerprint density at radius 3 is 3.00 bits per heavy atom. The molecule has 1 aliphatic rings. The van der Waals surface area contributed by atoms with Crippen LogP contribution in [0.3, 0.4) is 0 Å². The van der Waals surface area contributed by atoms with E-state index in [1.165, 1.54) is 6.21 Å². The fourth-order valence-corrected chi connectivity index (χ4v) is 0.748. The van der Waals surface area contributed by atoms with E-state index in [1.807, 2.05) is 0 Å². The van der Waals surface area contributed by atoms with Gasteiger partial charge in [-0.05, 0) is 0 Å². The molecule has 0 saturated heterocycles. The molecule has 1 rings (SSSR count). The molecule has 0 spiro atoms. The van der Waals surface area contributed by atoms with Crippen LogP contribution in [-0.4, -0.2) is 37.0 Å². The summed E-state index contributed by atoms with van der Waals surface area (Å²) in [6.07, 6.45) is 1.41. The average Bonchev–Trinajstić information content (AvgIpc) is 2.08. The summed E-state index contributed by atoms with van der Waals surface area (Å²) in [5, 5.41) is 8.84. The monoisotopic (exact) mass is 169 g/mol. The Bertz CT molecular complexity index is 240. The van der Waals surface area contributed by atoms with Crippen molar-refractivity contribution in [3.63, 3.8) is 0 Å². The minimum Gasteiger partial charge on any atom is -0.323 e. The van der Waals surface area contributed by atoms with Gasteiger partial charge >= 0.3 is 0 Å². The Morgan fingerprint density at radius 1 is 1.67 bits per heavy atom. The van der Waals surface area contributed by atoms with E-state index in [0.717, 1.165) is 0 Å². The van der Waals surface area contributed by atoms with Crippen LogP contribution in [0, 0.1) is 0 Å². The summed E-state index contributed by atoms with van der Waals surface area (Å²) in [6.45, 7) is 0. The first kappa shape index (κ1) is 8.47. The molecule has 0 unspecified atom stereocenters. The van der Waals surface area contributed by atoms with Crippen molar-refractivity contribution in [1.29, 1.82) is 0 Å². The van der Waals surface area contributed by atoms with Crippen LogP contribution in [-0.2, 0) is 0 Å². The molecule has 7 nitrogen and oxygen atoms in total. The summed E-state index contributed by atoms with van der Waals surface area (Å²) in [5.74, 6) is 5.59. The smallest absolute Gasteiger partial charge is 0.166 e. The third kappa shape index (κ3) is 1.70. The van der Waals surface area contributed by atoms with Gasteiger partial charge < -0.3 is 5.84 Å². The first-order chi connectivity index (χ1) is 5.77. The van der Waals surface area contributed by atoms with Crippen LogP contribution in [0.1, 0.15) is 0 Å². The van der Waals surface area contributed by atoms with Crippen LogP contribution in [0.4, 0.5) is 0 Å².